The highest BCUT2D eigenvalue weighted by Gasteiger charge is 2.21. The molecular weight excluding hydrogens is 194 g/mol. The van der Waals surface area contributed by atoms with Crippen LogP contribution in [0.2, 0.25) is 0 Å². The topological polar surface area (TPSA) is 35.2 Å². The third-order valence-electron chi connectivity index (χ3n) is 2.31. The maximum atomic E-state index is 5.91. The van der Waals surface area contributed by atoms with Gasteiger partial charge >= 0.3 is 0 Å². The van der Waals surface area contributed by atoms with Gasteiger partial charge in [0.1, 0.15) is 0 Å². The molecule has 1 aromatic carbocycles. The number of nitrogens with two attached hydrogens (primary N) is 1. The van der Waals surface area contributed by atoms with Gasteiger partial charge in [0.05, 0.1) is 18.5 Å². The highest BCUT2D eigenvalue weighted by Crippen LogP contribution is 2.32. The maximum Gasteiger partial charge on any atom is 0.0611 e. The molecule has 0 radical (unpaired) electrons. The number of hydrogen-bond acceptors (Lipinski definition) is 3. The molecule has 0 aromatic heterocycles. The van der Waals surface area contributed by atoms with Crippen LogP contribution < -0.4 is 5.73 Å². The molecule has 3 heteroatoms. The average molecular weight is 209 g/mol. The summed E-state index contributed by atoms with van der Waals surface area (Å²) in [6, 6.07) is 8.46. The lowest BCUT2D eigenvalue weighted by Gasteiger charge is -2.26. The normalized spacial score (nSPS) is 19.0. The Labute approximate surface area is 88.8 Å². The molecule has 1 aromatic rings. The van der Waals surface area contributed by atoms with Crippen molar-refractivity contribution >= 4 is 11.8 Å². The van der Waals surface area contributed by atoms with E-state index in [0.717, 1.165) is 13.2 Å². The number of rotatable bonds is 3. The molecule has 1 heterocycles. The van der Waals surface area contributed by atoms with Crippen LogP contribution in [0.5, 0.6) is 0 Å². The Morgan fingerprint density at radius 3 is 2.71 bits per heavy atom. The van der Waals surface area contributed by atoms with E-state index in [9.17, 15) is 0 Å². The van der Waals surface area contributed by atoms with Crippen LogP contribution >= 0.6 is 11.8 Å². The lowest BCUT2D eigenvalue weighted by Crippen LogP contribution is -2.30. The third-order valence-corrected chi connectivity index (χ3v) is 3.54. The number of benzene rings is 1. The smallest absolute Gasteiger partial charge is 0.0611 e. The van der Waals surface area contributed by atoms with Gasteiger partial charge in [-0.1, -0.05) is 18.2 Å². The molecule has 0 amide bonds. The van der Waals surface area contributed by atoms with Gasteiger partial charge in [0.15, 0.2) is 0 Å². The summed E-state index contributed by atoms with van der Waals surface area (Å²) in [5.41, 5.74) is 7.15. The van der Waals surface area contributed by atoms with Crippen LogP contribution in [0.25, 0.3) is 0 Å². The lowest BCUT2D eigenvalue weighted by atomic mass is 10.1. The van der Waals surface area contributed by atoms with Crippen molar-refractivity contribution in [3.05, 3.63) is 29.8 Å². The average Bonchev–Trinajstić information content (AvgIpc) is 2.12. The molecule has 0 bridgehead atoms. The Morgan fingerprint density at radius 1 is 1.43 bits per heavy atom. The zero-order chi connectivity index (χ0) is 9.97. The molecule has 2 nitrogen and oxygen atoms in total. The van der Waals surface area contributed by atoms with E-state index in [-0.39, 0.29) is 6.04 Å². The van der Waals surface area contributed by atoms with E-state index in [4.69, 9.17) is 10.5 Å². The molecule has 76 valence electrons. The predicted octanol–water partition coefficient (Wildman–Crippen LogP) is 2.20. The summed E-state index contributed by atoms with van der Waals surface area (Å²) in [4.78, 5) is 1.30. The van der Waals surface area contributed by atoms with Gasteiger partial charge in [-0.25, -0.2) is 0 Å². The Balaban J connectivity index is 2.13. The molecule has 1 aliphatic heterocycles. The zero-order valence-electron chi connectivity index (χ0n) is 8.27. The second-order valence-electron chi connectivity index (χ2n) is 3.60. The molecule has 2 N–H and O–H groups in total. The van der Waals surface area contributed by atoms with Gasteiger partial charge in [0.2, 0.25) is 0 Å². The molecule has 14 heavy (non-hydrogen) atoms. The fourth-order valence-corrected chi connectivity index (χ4v) is 2.66. The Hall–Kier alpha value is -0.510. The fourth-order valence-electron chi connectivity index (χ4n) is 1.43. The van der Waals surface area contributed by atoms with E-state index in [1.54, 1.807) is 0 Å². The molecule has 1 atom stereocenters. The number of ether oxygens (including phenoxy) is 1. The minimum Gasteiger partial charge on any atom is -0.379 e. The van der Waals surface area contributed by atoms with Gasteiger partial charge < -0.3 is 10.5 Å². The Bertz CT molecular complexity index is 310. The monoisotopic (exact) mass is 209 g/mol. The van der Waals surface area contributed by atoms with Crippen molar-refractivity contribution in [2.45, 2.75) is 23.1 Å². The van der Waals surface area contributed by atoms with Crippen molar-refractivity contribution in [1.29, 1.82) is 0 Å². The summed E-state index contributed by atoms with van der Waals surface area (Å²) >= 11 is 1.88. The van der Waals surface area contributed by atoms with E-state index >= 15 is 0 Å². The first-order valence-electron chi connectivity index (χ1n) is 4.86. The van der Waals surface area contributed by atoms with Crippen molar-refractivity contribution in [2.24, 2.45) is 5.73 Å². The van der Waals surface area contributed by atoms with Crippen LogP contribution in [-0.2, 0) is 4.74 Å². The summed E-state index contributed by atoms with van der Waals surface area (Å²) < 4.78 is 5.16. The van der Waals surface area contributed by atoms with Crippen LogP contribution in [0.1, 0.15) is 18.5 Å². The molecule has 0 saturated carbocycles. The SMILES string of the molecule is C[C@H](N)c1ccccc1SC1COC1. The standard InChI is InChI=1S/C11H15NOS/c1-8(12)10-4-2-3-5-11(10)14-9-6-13-7-9/h2-5,8-9H,6-7,12H2,1H3/t8-/m0/s1. The van der Waals surface area contributed by atoms with Gasteiger partial charge in [0, 0.05) is 10.9 Å². The zero-order valence-corrected chi connectivity index (χ0v) is 9.09. The molecule has 0 unspecified atom stereocenters. The first-order valence-corrected chi connectivity index (χ1v) is 5.74. The van der Waals surface area contributed by atoms with E-state index < -0.39 is 0 Å². The Kier molecular flexibility index (Phi) is 3.11. The fraction of sp³-hybridized carbons (Fsp3) is 0.455. The van der Waals surface area contributed by atoms with E-state index in [1.807, 2.05) is 24.8 Å². The summed E-state index contributed by atoms with van der Waals surface area (Å²) in [6.45, 7) is 3.77. The largest absolute Gasteiger partial charge is 0.379 e. The van der Waals surface area contributed by atoms with Gasteiger partial charge in [-0.3, -0.25) is 0 Å². The van der Waals surface area contributed by atoms with E-state index in [2.05, 4.69) is 18.2 Å². The van der Waals surface area contributed by atoms with Gasteiger partial charge in [0.25, 0.3) is 0 Å². The number of thioether (sulfide) groups is 1. The highest BCUT2D eigenvalue weighted by atomic mass is 32.2. The van der Waals surface area contributed by atoms with Crippen molar-refractivity contribution in [2.75, 3.05) is 13.2 Å². The van der Waals surface area contributed by atoms with E-state index in [1.165, 1.54) is 10.5 Å². The van der Waals surface area contributed by atoms with Crippen LogP contribution in [0.4, 0.5) is 0 Å². The summed E-state index contributed by atoms with van der Waals surface area (Å²) in [5.74, 6) is 0. The molecule has 1 fully saturated rings. The molecule has 1 aliphatic rings. The first-order chi connectivity index (χ1) is 6.77. The third kappa shape index (κ3) is 2.11. The van der Waals surface area contributed by atoms with Gasteiger partial charge in [-0.2, -0.15) is 0 Å². The van der Waals surface area contributed by atoms with Crippen molar-refractivity contribution in [3.8, 4) is 0 Å². The number of hydrogen-bond donors (Lipinski definition) is 1. The van der Waals surface area contributed by atoms with Crippen molar-refractivity contribution in [3.63, 3.8) is 0 Å². The van der Waals surface area contributed by atoms with Crippen molar-refractivity contribution in [1.82, 2.24) is 0 Å². The van der Waals surface area contributed by atoms with Crippen LogP contribution in [0, 0.1) is 0 Å². The quantitative estimate of drug-likeness (QED) is 0.829. The second kappa shape index (κ2) is 4.34. The van der Waals surface area contributed by atoms with Crippen molar-refractivity contribution < 1.29 is 4.74 Å². The second-order valence-corrected chi connectivity index (χ2v) is 4.95. The first kappa shape index (κ1) is 10.0. The predicted molar refractivity (Wildman–Crippen MR) is 59.5 cm³/mol. The molecular formula is C11H15NOS. The summed E-state index contributed by atoms with van der Waals surface area (Å²) in [5, 5.41) is 0.620. The highest BCUT2D eigenvalue weighted by molar-refractivity contribution is 8.00. The summed E-state index contributed by atoms with van der Waals surface area (Å²) in [7, 11) is 0. The van der Waals surface area contributed by atoms with Crippen LogP contribution in [-0.4, -0.2) is 18.5 Å². The minimum absolute atomic E-state index is 0.111. The minimum atomic E-state index is 0.111. The molecule has 1 saturated heterocycles. The van der Waals surface area contributed by atoms with Crippen LogP contribution in [0.3, 0.4) is 0 Å². The molecule has 2 rings (SSSR count). The lowest BCUT2D eigenvalue weighted by molar-refractivity contribution is 0.0455. The van der Waals surface area contributed by atoms with Gasteiger partial charge in [-0.15, -0.1) is 11.8 Å². The summed E-state index contributed by atoms with van der Waals surface area (Å²) in [6.07, 6.45) is 0. The van der Waals surface area contributed by atoms with Gasteiger partial charge in [-0.05, 0) is 18.6 Å². The molecule has 0 aliphatic carbocycles. The maximum absolute atomic E-state index is 5.91. The van der Waals surface area contributed by atoms with Crippen LogP contribution in [0.15, 0.2) is 29.2 Å². The van der Waals surface area contributed by atoms with E-state index in [0.29, 0.717) is 5.25 Å². The Morgan fingerprint density at radius 2 is 2.14 bits per heavy atom. The molecule has 0 spiro atoms.